The fourth-order valence-electron chi connectivity index (χ4n) is 10.0. The number of fused-ring (bicyclic) bond motifs is 14. The van der Waals surface area contributed by atoms with Gasteiger partial charge >= 0.3 is 0 Å². The van der Waals surface area contributed by atoms with E-state index in [1.807, 2.05) is 13.8 Å². The molecule has 4 heterocycles. The Hall–Kier alpha value is -7.82. The zero-order valence-corrected chi connectivity index (χ0v) is 33.4. The Morgan fingerprint density at radius 2 is 0.517 bits per heavy atom. The Labute approximate surface area is 347 Å². The first kappa shape index (κ1) is 34.2. The molecule has 0 saturated heterocycles. The van der Waals surface area contributed by atoms with Gasteiger partial charge in [0, 0.05) is 65.8 Å². The lowest BCUT2D eigenvalue weighted by Gasteiger charge is -2.13. The van der Waals surface area contributed by atoms with Crippen molar-refractivity contribution < 1.29 is 0 Å². The van der Waals surface area contributed by atoms with Crippen LogP contribution in [0.4, 0.5) is 0 Å². The first-order chi connectivity index (χ1) is 29.8. The maximum Gasteiger partial charge on any atom is 0.0641 e. The minimum Gasteiger partial charge on any atom is -0.309 e. The molecule has 284 valence electrons. The summed E-state index contributed by atoms with van der Waals surface area (Å²) in [5, 5.41) is 10.0. The second-order valence-corrected chi connectivity index (χ2v) is 15.3. The smallest absolute Gasteiger partial charge is 0.0641 e. The summed E-state index contributed by atoms with van der Waals surface area (Å²) in [6.07, 6.45) is 0. The zero-order valence-electron chi connectivity index (χ0n) is 33.4. The first-order valence-electron chi connectivity index (χ1n) is 21.0. The van der Waals surface area contributed by atoms with Gasteiger partial charge in [-0.15, -0.1) is 0 Å². The summed E-state index contributed by atoms with van der Waals surface area (Å²) in [4.78, 5) is 0. The SMILES string of the molecule is CC.c1ccc(-n2c3ccccc3c3c2ccc2c4ccccc4n(-c4ccc(-n5c6ccccc6c6ccc7c(c8ccccc8n7-c7ccccc7)c65)cc4)c23)cc1. The van der Waals surface area contributed by atoms with Crippen LogP contribution < -0.4 is 0 Å². The van der Waals surface area contributed by atoms with Gasteiger partial charge in [-0.05, 0) is 84.9 Å². The topological polar surface area (TPSA) is 19.7 Å². The summed E-state index contributed by atoms with van der Waals surface area (Å²) in [7, 11) is 0. The molecule has 0 aliphatic rings. The number of rotatable bonds is 4. The summed E-state index contributed by atoms with van der Waals surface area (Å²) in [5.41, 5.74) is 14.2. The molecule has 4 heteroatoms. The van der Waals surface area contributed by atoms with Crippen molar-refractivity contribution in [2.75, 3.05) is 0 Å². The van der Waals surface area contributed by atoms with Crippen LogP contribution in [0.5, 0.6) is 0 Å². The fourth-order valence-corrected chi connectivity index (χ4v) is 10.0. The van der Waals surface area contributed by atoms with Gasteiger partial charge in [0.15, 0.2) is 0 Å². The third kappa shape index (κ3) is 4.73. The van der Waals surface area contributed by atoms with E-state index in [9.17, 15) is 0 Å². The quantitative estimate of drug-likeness (QED) is 0.170. The second kappa shape index (κ2) is 13.4. The van der Waals surface area contributed by atoms with E-state index in [4.69, 9.17) is 0 Å². The molecule has 13 rings (SSSR count). The highest BCUT2D eigenvalue weighted by atomic mass is 15.0. The molecule has 0 amide bonds. The summed E-state index contributed by atoms with van der Waals surface area (Å²) in [6.45, 7) is 4.00. The average molecular weight is 769 g/mol. The van der Waals surface area contributed by atoms with Crippen molar-refractivity contribution in [3.63, 3.8) is 0 Å². The van der Waals surface area contributed by atoms with Crippen LogP contribution in [0.15, 0.2) is 206 Å². The molecule has 0 aliphatic carbocycles. The zero-order chi connectivity index (χ0) is 39.9. The van der Waals surface area contributed by atoms with E-state index < -0.39 is 0 Å². The molecule has 0 fully saturated rings. The Morgan fingerprint density at radius 1 is 0.217 bits per heavy atom. The third-order valence-corrected chi connectivity index (χ3v) is 12.3. The van der Waals surface area contributed by atoms with E-state index in [0.29, 0.717) is 0 Å². The Balaban J connectivity index is 0.00000191. The van der Waals surface area contributed by atoms with Crippen molar-refractivity contribution in [3.8, 4) is 22.7 Å². The van der Waals surface area contributed by atoms with E-state index in [2.05, 4.69) is 225 Å². The molecule has 0 N–H and O–H groups in total. The molecule has 13 aromatic rings. The predicted octanol–water partition coefficient (Wildman–Crippen LogP) is 15.1. The van der Waals surface area contributed by atoms with Gasteiger partial charge in [-0.2, -0.15) is 0 Å². The number of aromatic nitrogens is 4. The number of hydrogen-bond donors (Lipinski definition) is 0. The largest absolute Gasteiger partial charge is 0.309 e. The van der Waals surface area contributed by atoms with Crippen LogP contribution in [0.2, 0.25) is 0 Å². The molecule has 0 spiro atoms. The van der Waals surface area contributed by atoms with Gasteiger partial charge in [0.25, 0.3) is 0 Å². The van der Waals surface area contributed by atoms with Crippen LogP contribution in [0, 0.1) is 0 Å². The van der Waals surface area contributed by atoms with Crippen LogP contribution in [0.25, 0.3) is 110 Å². The van der Waals surface area contributed by atoms with Gasteiger partial charge in [-0.3, -0.25) is 0 Å². The van der Waals surface area contributed by atoms with Gasteiger partial charge in [0.1, 0.15) is 0 Å². The summed E-state index contributed by atoms with van der Waals surface area (Å²) >= 11 is 0. The third-order valence-electron chi connectivity index (χ3n) is 12.3. The van der Waals surface area contributed by atoms with E-state index >= 15 is 0 Å². The molecule has 0 aliphatic heterocycles. The Morgan fingerprint density at radius 3 is 0.900 bits per heavy atom. The number of benzene rings is 9. The molecule has 4 aromatic heterocycles. The molecular formula is C56H40N4. The monoisotopic (exact) mass is 768 g/mol. The second-order valence-electron chi connectivity index (χ2n) is 15.3. The van der Waals surface area contributed by atoms with Crippen molar-refractivity contribution in [2.45, 2.75) is 13.8 Å². The van der Waals surface area contributed by atoms with Gasteiger partial charge in [-0.1, -0.05) is 135 Å². The Kier molecular flexibility index (Phi) is 7.63. The lowest BCUT2D eigenvalue weighted by atomic mass is 10.1. The first-order valence-corrected chi connectivity index (χ1v) is 21.0. The van der Waals surface area contributed by atoms with Gasteiger partial charge in [-0.25, -0.2) is 0 Å². The van der Waals surface area contributed by atoms with Crippen molar-refractivity contribution in [1.82, 2.24) is 18.3 Å². The van der Waals surface area contributed by atoms with E-state index in [1.165, 1.54) is 87.2 Å². The maximum atomic E-state index is 2.48. The number of para-hydroxylation sites is 6. The minimum absolute atomic E-state index is 1.13. The molecule has 4 nitrogen and oxygen atoms in total. The van der Waals surface area contributed by atoms with Crippen molar-refractivity contribution >= 4 is 87.2 Å². The molecule has 0 bridgehead atoms. The molecular weight excluding hydrogens is 729 g/mol. The maximum absolute atomic E-state index is 2.48. The molecule has 9 aromatic carbocycles. The van der Waals surface area contributed by atoms with Crippen LogP contribution in [-0.4, -0.2) is 18.3 Å². The van der Waals surface area contributed by atoms with Crippen molar-refractivity contribution in [2.24, 2.45) is 0 Å². The summed E-state index contributed by atoms with van der Waals surface area (Å²) < 4.78 is 9.78. The summed E-state index contributed by atoms with van der Waals surface area (Å²) in [6, 6.07) is 75.3. The highest BCUT2D eigenvalue weighted by molar-refractivity contribution is 6.27. The van der Waals surface area contributed by atoms with Crippen LogP contribution in [0.3, 0.4) is 0 Å². The average Bonchev–Trinajstić information content (AvgIpc) is 4.05. The molecule has 0 saturated carbocycles. The number of nitrogens with zero attached hydrogens (tertiary/aromatic N) is 4. The lowest BCUT2D eigenvalue weighted by Crippen LogP contribution is -1.98. The predicted molar refractivity (Wildman–Crippen MR) is 255 cm³/mol. The highest BCUT2D eigenvalue weighted by Crippen LogP contribution is 2.44. The van der Waals surface area contributed by atoms with E-state index in [0.717, 1.165) is 22.7 Å². The van der Waals surface area contributed by atoms with Crippen molar-refractivity contribution in [3.05, 3.63) is 206 Å². The standard InChI is InChI=1S/C54H34N4.C2H6/c1-3-15-35(16-4-1)55-47-25-13-9-21-43(47)51-49(55)33-31-41-39-19-7-11-23-45(39)57(53(41)51)37-27-29-38(30-28-37)58-46-24-12-8-20-40(46)42-32-34-50-52(54(42)58)44-22-10-14-26-48(44)56(50)36-17-5-2-6-18-36;1-2/h1-34H;1-2H3. The highest BCUT2D eigenvalue weighted by Gasteiger charge is 2.23. The molecule has 0 unspecified atom stereocenters. The Bertz CT molecular complexity index is 3520. The van der Waals surface area contributed by atoms with E-state index in [1.54, 1.807) is 0 Å². The van der Waals surface area contributed by atoms with Gasteiger partial charge < -0.3 is 18.3 Å². The van der Waals surface area contributed by atoms with Crippen LogP contribution >= 0.6 is 0 Å². The van der Waals surface area contributed by atoms with Gasteiger partial charge in [0.05, 0.1) is 44.1 Å². The lowest BCUT2D eigenvalue weighted by molar-refractivity contribution is 1.15. The minimum atomic E-state index is 1.13. The molecule has 0 radical (unpaired) electrons. The van der Waals surface area contributed by atoms with Gasteiger partial charge in [0.2, 0.25) is 0 Å². The molecule has 60 heavy (non-hydrogen) atoms. The van der Waals surface area contributed by atoms with Crippen molar-refractivity contribution in [1.29, 1.82) is 0 Å². The normalized spacial score (nSPS) is 11.8. The van der Waals surface area contributed by atoms with Crippen LogP contribution in [-0.2, 0) is 0 Å². The number of hydrogen-bond acceptors (Lipinski definition) is 0. The molecule has 0 atom stereocenters. The van der Waals surface area contributed by atoms with Crippen LogP contribution in [0.1, 0.15) is 13.8 Å². The van der Waals surface area contributed by atoms with E-state index in [-0.39, 0.29) is 0 Å². The summed E-state index contributed by atoms with van der Waals surface area (Å²) in [5.74, 6) is 0. The fraction of sp³-hybridized carbons (Fsp3) is 0.0357.